The van der Waals surface area contributed by atoms with Gasteiger partial charge in [-0.2, -0.15) is 0 Å². The number of halogens is 1. The first-order valence-corrected chi connectivity index (χ1v) is 13.2. The van der Waals surface area contributed by atoms with E-state index in [1.54, 1.807) is 0 Å². The van der Waals surface area contributed by atoms with Gasteiger partial charge in [-0.3, -0.25) is 0 Å². The minimum atomic E-state index is -3.78. The fourth-order valence-electron chi connectivity index (χ4n) is 3.28. The molecule has 0 saturated heterocycles. The van der Waals surface area contributed by atoms with Crippen LogP contribution >= 0.6 is 9.69 Å². The number of hydrogen-bond donors (Lipinski definition) is 0. The van der Waals surface area contributed by atoms with E-state index in [9.17, 15) is 8.42 Å². The molecule has 0 unspecified atom stereocenters. The topological polar surface area (TPSA) is 72.0 Å². The predicted molar refractivity (Wildman–Crippen MR) is 127 cm³/mol. The van der Waals surface area contributed by atoms with Gasteiger partial charge in [-0.25, -0.2) is 8.42 Å². The Bertz CT molecular complexity index is 1010. The second-order valence-electron chi connectivity index (χ2n) is 6.95. The summed E-state index contributed by atoms with van der Waals surface area (Å²) in [6.45, 7) is 3.81. The third kappa shape index (κ3) is 7.82. The van der Waals surface area contributed by atoms with Crippen LogP contribution in [0, 0.1) is 21.3 Å². The maximum absolute atomic E-state index is 13.0. The Morgan fingerprint density at radius 1 is 0.839 bits per heavy atom. The van der Waals surface area contributed by atoms with Crippen molar-refractivity contribution in [1.82, 2.24) is 0 Å². The van der Waals surface area contributed by atoms with Crippen molar-refractivity contribution in [3.05, 3.63) is 125 Å². The van der Waals surface area contributed by atoms with Crippen molar-refractivity contribution in [2.24, 2.45) is 0 Å². The van der Waals surface area contributed by atoms with Crippen molar-refractivity contribution in [2.75, 3.05) is 0 Å². The van der Waals surface area contributed by atoms with E-state index in [1.807, 2.05) is 110 Å². The first-order valence-electron chi connectivity index (χ1n) is 9.31. The third-order valence-corrected chi connectivity index (χ3v) is 6.06. The van der Waals surface area contributed by atoms with E-state index in [0.29, 0.717) is 0 Å². The number of sulfonamides is 1. The van der Waals surface area contributed by atoms with Crippen molar-refractivity contribution in [2.45, 2.75) is 31.7 Å². The fraction of sp³-hybridized carbons (Fsp3) is 0.208. The molecule has 3 rings (SSSR count). The molecule has 0 amide bonds. The van der Waals surface area contributed by atoms with Gasteiger partial charge in [0.05, 0.1) is 15.8 Å². The SMILES string of the molecule is Cc1cccc(C)c1CS(=O)(=O)[N-][C@@H](c1ccccc1)[C@@H]([NH-])c1ccccc1.[CH3-].[Cl][Ru+3]. The van der Waals surface area contributed by atoms with Crippen molar-refractivity contribution >= 4 is 19.7 Å². The van der Waals surface area contributed by atoms with Gasteiger partial charge in [0.15, 0.2) is 0 Å². The summed E-state index contributed by atoms with van der Waals surface area (Å²) in [4.78, 5) is 0. The molecule has 31 heavy (non-hydrogen) atoms. The van der Waals surface area contributed by atoms with Crippen molar-refractivity contribution < 1.29 is 25.7 Å². The standard InChI is InChI=1S/C23H24N2O2S.CH3.ClH.Ru/c1-17-10-9-11-18(2)21(17)16-28(26,27)25-23(20-14-7-4-8-15-20)22(24)19-12-5-3-6-13-19;;;/h3-15,22-24H,16H2,1-2H3;1H3;1H;/q-2;-1;;+4/p-1/t22-,23-;;;/m0.../s1. The molecule has 0 spiro atoms. The van der Waals surface area contributed by atoms with Crippen LogP contribution < -0.4 is 0 Å². The molecule has 0 fully saturated rings. The summed E-state index contributed by atoms with van der Waals surface area (Å²) < 4.78 is 30.2. The molecule has 0 aromatic heterocycles. The van der Waals surface area contributed by atoms with Crippen LogP contribution in [0.15, 0.2) is 78.9 Å². The normalized spacial score (nSPS) is 12.6. The van der Waals surface area contributed by atoms with E-state index in [-0.39, 0.29) is 13.2 Å². The molecule has 166 valence electrons. The van der Waals surface area contributed by atoms with E-state index in [4.69, 9.17) is 5.73 Å². The number of nitrogens with one attached hydrogen (secondary N) is 1. The Hall–Kier alpha value is -1.56. The molecule has 4 nitrogen and oxygen atoms in total. The summed E-state index contributed by atoms with van der Waals surface area (Å²) in [7, 11) is 0.794. The van der Waals surface area contributed by atoms with Crippen LogP contribution in [0.1, 0.15) is 39.9 Å². The predicted octanol–water partition coefficient (Wildman–Crippen LogP) is 7.18. The zero-order chi connectivity index (χ0) is 22.1. The van der Waals surface area contributed by atoms with Gasteiger partial charge in [-0.05, 0) is 30.5 Å². The summed E-state index contributed by atoms with van der Waals surface area (Å²) >= 11 is 1.82. The van der Waals surface area contributed by atoms with Crippen LogP contribution in [0.4, 0.5) is 0 Å². The molecular formula is C24H27ClN2O2RuS. The van der Waals surface area contributed by atoms with E-state index < -0.39 is 22.1 Å². The summed E-state index contributed by atoms with van der Waals surface area (Å²) in [6, 6.07) is 22.6. The van der Waals surface area contributed by atoms with E-state index in [0.717, 1.165) is 27.8 Å². The molecule has 3 aromatic rings. The van der Waals surface area contributed by atoms with Gasteiger partial charge in [0.25, 0.3) is 0 Å². The van der Waals surface area contributed by atoms with Gasteiger partial charge in [-0.15, -0.1) is 12.1 Å². The second kappa shape index (κ2) is 13.1. The zero-order valence-corrected chi connectivity index (χ0v) is 21.1. The summed E-state index contributed by atoms with van der Waals surface area (Å²) in [5.41, 5.74) is 12.8. The first-order chi connectivity index (χ1) is 14.4. The average molecular weight is 544 g/mol. The number of nitrogens with zero attached hydrogens (tertiary/aromatic N) is 1. The van der Waals surface area contributed by atoms with Crippen LogP contribution in [0.2, 0.25) is 0 Å². The number of hydrogen-bond acceptors (Lipinski definition) is 2. The summed E-state index contributed by atoms with van der Waals surface area (Å²) in [6.07, 6.45) is 0. The molecule has 0 radical (unpaired) electrons. The maximum atomic E-state index is 13.0. The van der Waals surface area contributed by atoms with E-state index in [2.05, 4.69) is 14.4 Å². The van der Waals surface area contributed by atoms with Crippen LogP contribution in [-0.2, 0) is 33.1 Å². The fourth-order valence-corrected chi connectivity index (χ4v) is 4.76. The number of benzene rings is 3. The Morgan fingerprint density at radius 3 is 1.77 bits per heavy atom. The molecule has 0 heterocycles. The van der Waals surface area contributed by atoms with Gasteiger partial charge >= 0.3 is 27.0 Å². The van der Waals surface area contributed by atoms with Gasteiger partial charge < -0.3 is 17.9 Å². The number of rotatable bonds is 7. The van der Waals surface area contributed by atoms with Gasteiger partial charge in [0, 0.05) is 0 Å². The first kappa shape index (κ1) is 27.5. The zero-order valence-electron chi connectivity index (χ0n) is 17.8. The Kier molecular flexibility index (Phi) is 11.6. The third-order valence-electron chi connectivity index (χ3n) is 4.86. The molecule has 0 aliphatic rings. The van der Waals surface area contributed by atoms with Gasteiger partial charge in [0.1, 0.15) is 0 Å². The van der Waals surface area contributed by atoms with Crippen LogP contribution in [0.3, 0.4) is 0 Å². The van der Waals surface area contributed by atoms with Crippen LogP contribution in [0.5, 0.6) is 0 Å². The molecule has 0 bridgehead atoms. The monoisotopic (exact) mass is 544 g/mol. The molecule has 0 aliphatic heterocycles. The Morgan fingerprint density at radius 2 is 1.29 bits per heavy atom. The van der Waals surface area contributed by atoms with Crippen LogP contribution in [0.25, 0.3) is 10.5 Å². The minimum absolute atomic E-state index is 0. The molecule has 0 aliphatic carbocycles. The van der Waals surface area contributed by atoms with Crippen molar-refractivity contribution in [1.29, 1.82) is 0 Å². The number of aryl methyl sites for hydroxylation is 2. The Balaban J connectivity index is 0.00000156. The van der Waals surface area contributed by atoms with Gasteiger partial charge in [0.2, 0.25) is 0 Å². The van der Waals surface area contributed by atoms with Gasteiger partial charge in [-0.1, -0.05) is 90.0 Å². The molecule has 2 atom stereocenters. The molecule has 3 aromatic carbocycles. The van der Waals surface area contributed by atoms with E-state index >= 15 is 0 Å². The molecular weight excluding hydrogens is 517 g/mol. The summed E-state index contributed by atoms with van der Waals surface area (Å²) in [5.74, 6) is -0.156. The molecule has 0 saturated carbocycles. The molecule has 1 N–H and O–H groups in total. The Labute approximate surface area is 201 Å². The second-order valence-corrected chi connectivity index (χ2v) is 8.61. The van der Waals surface area contributed by atoms with Crippen molar-refractivity contribution in [3.8, 4) is 0 Å². The average Bonchev–Trinajstić information content (AvgIpc) is 2.77. The summed E-state index contributed by atoms with van der Waals surface area (Å²) in [5, 5.41) is 0. The molecule has 7 heteroatoms. The van der Waals surface area contributed by atoms with Crippen molar-refractivity contribution in [3.63, 3.8) is 0 Å². The van der Waals surface area contributed by atoms with Crippen LogP contribution in [-0.4, -0.2) is 8.42 Å². The quantitative estimate of drug-likeness (QED) is 0.234. The van der Waals surface area contributed by atoms with E-state index in [1.165, 1.54) is 0 Å².